The van der Waals surface area contributed by atoms with Gasteiger partial charge in [0.25, 0.3) is 5.70 Å². The molecule has 2 N–H and O–H groups in total. The molecule has 0 aliphatic rings. The van der Waals surface area contributed by atoms with Crippen molar-refractivity contribution >= 4 is 40.0 Å². The van der Waals surface area contributed by atoms with Gasteiger partial charge in [-0.05, 0) is 48.5 Å². The van der Waals surface area contributed by atoms with Crippen molar-refractivity contribution in [1.29, 1.82) is 0 Å². The Labute approximate surface area is 173 Å². The molecule has 0 spiro atoms. The summed E-state index contributed by atoms with van der Waals surface area (Å²) in [5.74, 6) is -0.884. The van der Waals surface area contributed by atoms with Gasteiger partial charge < -0.3 is 15.3 Å². The smallest absolute Gasteiger partial charge is 0.288 e. The summed E-state index contributed by atoms with van der Waals surface area (Å²) in [6.45, 7) is 0. The SMILES string of the molecule is CN(C)c1cc[n+](/C(C(=S)Nc2ccc(F)cc2)=C(\O)c2ccc(F)cc2)cc1. The summed E-state index contributed by atoms with van der Waals surface area (Å²) >= 11 is 5.53. The van der Waals surface area contributed by atoms with Crippen LogP contribution in [0.3, 0.4) is 0 Å². The Kier molecular flexibility index (Phi) is 6.19. The van der Waals surface area contributed by atoms with Gasteiger partial charge in [0, 0.05) is 43.2 Å². The van der Waals surface area contributed by atoms with Crippen molar-refractivity contribution in [3.05, 3.63) is 90.3 Å². The summed E-state index contributed by atoms with van der Waals surface area (Å²) in [4.78, 5) is 2.17. The van der Waals surface area contributed by atoms with E-state index in [4.69, 9.17) is 12.2 Å². The van der Waals surface area contributed by atoms with Crippen LogP contribution in [0.5, 0.6) is 0 Å². The number of thiocarbonyl (C=S) groups is 1. The van der Waals surface area contributed by atoms with Gasteiger partial charge in [0.05, 0.1) is 0 Å². The topological polar surface area (TPSA) is 39.4 Å². The Morgan fingerprint density at radius 3 is 1.93 bits per heavy atom. The number of hydrogen-bond donors (Lipinski definition) is 2. The third-order valence-corrected chi connectivity index (χ3v) is 4.54. The number of rotatable bonds is 5. The highest BCUT2D eigenvalue weighted by molar-refractivity contribution is 7.81. The zero-order chi connectivity index (χ0) is 21.0. The van der Waals surface area contributed by atoms with Crippen molar-refractivity contribution in [1.82, 2.24) is 0 Å². The number of anilines is 2. The van der Waals surface area contributed by atoms with Crippen LogP contribution in [0, 0.1) is 11.6 Å². The van der Waals surface area contributed by atoms with E-state index in [0.29, 0.717) is 16.9 Å². The van der Waals surface area contributed by atoms with Gasteiger partial charge in [0.1, 0.15) is 11.6 Å². The lowest BCUT2D eigenvalue weighted by Crippen LogP contribution is -2.38. The maximum absolute atomic E-state index is 13.3. The molecule has 0 saturated carbocycles. The largest absolute Gasteiger partial charge is 0.502 e. The molecule has 0 aliphatic carbocycles. The Hall–Kier alpha value is -3.32. The second-order valence-corrected chi connectivity index (χ2v) is 6.93. The van der Waals surface area contributed by atoms with Crippen LogP contribution in [0.25, 0.3) is 11.5 Å². The highest BCUT2D eigenvalue weighted by atomic mass is 32.1. The maximum Gasteiger partial charge on any atom is 0.288 e. The Morgan fingerprint density at radius 1 is 0.897 bits per heavy atom. The predicted octanol–water partition coefficient (Wildman–Crippen LogP) is 4.64. The average Bonchev–Trinajstić information content (AvgIpc) is 2.71. The molecule has 0 bridgehead atoms. The monoisotopic (exact) mass is 412 g/mol. The molecule has 0 aliphatic heterocycles. The van der Waals surface area contributed by atoms with E-state index < -0.39 is 5.82 Å². The van der Waals surface area contributed by atoms with E-state index in [9.17, 15) is 13.9 Å². The van der Waals surface area contributed by atoms with Crippen LogP contribution in [-0.2, 0) is 0 Å². The number of aliphatic hydroxyl groups is 1. The van der Waals surface area contributed by atoms with Gasteiger partial charge in [0.15, 0.2) is 23.1 Å². The summed E-state index contributed by atoms with van der Waals surface area (Å²) in [6, 6.07) is 14.9. The van der Waals surface area contributed by atoms with Gasteiger partial charge in [-0.2, -0.15) is 4.57 Å². The predicted molar refractivity (Wildman–Crippen MR) is 116 cm³/mol. The summed E-state index contributed by atoms with van der Waals surface area (Å²) in [5.41, 5.74) is 2.26. The van der Waals surface area contributed by atoms with E-state index in [-0.39, 0.29) is 16.6 Å². The van der Waals surface area contributed by atoms with Crippen LogP contribution in [0.2, 0.25) is 0 Å². The first kappa shape index (κ1) is 20.4. The number of aliphatic hydroxyl groups excluding tert-OH is 1. The minimum absolute atomic E-state index is 0.118. The quantitative estimate of drug-likeness (QED) is 0.277. The van der Waals surface area contributed by atoms with Crippen molar-refractivity contribution < 1.29 is 18.5 Å². The molecule has 0 fully saturated rings. The molecule has 1 heterocycles. The first-order valence-electron chi connectivity index (χ1n) is 8.80. The molecule has 29 heavy (non-hydrogen) atoms. The summed E-state index contributed by atoms with van der Waals surface area (Å²) in [6.07, 6.45) is 3.53. The van der Waals surface area contributed by atoms with Crippen LogP contribution in [-0.4, -0.2) is 24.2 Å². The molecule has 0 saturated heterocycles. The molecule has 3 rings (SSSR count). The summed E-state index contributed by atoms with van der Waals surface area (Å²) in [7, 11) is 3.85. The Morgan fingerprint density at radius 2 is 1.41 bits per heavy atom. The summed E-state index contributed by atoms with van der Waals surface area (Å²) < 4.78 is 28.2. The van der Waals surface area contributed by atoms with Crippen molar-refractivity contribution in [3.63, 3.8) is 0 Å². The second kappa shape index (κ2) is 8.79. The lowest BCUT2D eigenvalue weighted by molar-refractivity contribution is -0.575. The van der Waals surface area contributed by atoms with Crippen LogP contribution < -0.4 is 14.8 Å². The number of pyridine rings is 1. The van der Waals surface area contributed by atoms with Crippen LogP contribution in [0.4, 0.5) is 20.2 Å². The van der Waals surface area contributed by atoms with Gasteiger partial charge in [-0.3, -0.25) is 0 Å². The molecule has 0 radical (unpaired) electrons. The minimum Gasteiger partial charge on any atom is -0.502 e. The molecule has 4 nitrogen and oxygen atoms in total. The molecule has 1 aromatic heterocycles. The first-order chi connectivity index (χ1) is 13.8. The fourth-order valence-electron chi connectivity index (χ4n) is 2.68. The molecule has 0 atom stereocenters. The molecule has 148 valence electrons. The fraction of sp³-hybridized carbons (Fsp3) is 0.0909. The average molecular weight is 412 g/mol. The number of aromatic nitrogens is 1. The zero-order valence-electron chi connectivity index (χ0n) is 15.9. The van der Waals surface area contributed by atoms with Crippen LogP contribution >= 0.6 is 12.2 Å². The molecular weight excluding hydrogens is 392 g/mol. The zero-order valence-corrected chi connectivity index (χ0v) is 16.8. The van der Waals surface area contributed by atoms with Crippen molar-refractivity contribution in [2.75, 3.05) is 24.3 Å². The van der Waals surface area contributed by atoms with E-state index in [1.807, 2.05) is 31.1 Å². The number of halogens is 2. The van der Waals surface area contributed by atoms with Gasteiger partial charge in [0.2, 0.25) is 0 Å². The normalized spacial score (nSPS) is 11.6. The standard InChI is InChI=1S/C22H19F2N3OS/c1-26(2)19-11-13-27(14-12-19)20(21(28)15-3-5-16(23)6-4-15)22(29)25-18-9-7-17(24)8-10-18/h3-14H,1-2H3,(H-,25,28,29)/p+1. The van der Waals surface area contributed by atoms with E-state index in [2.05, 4.69) is 5.32 Å². The number of benzene rings is 2. The van der Waals surface area contributed by atoms with Gasteiger partial charge in [-0.25, -0.2) is 8.78 Å². The minimum atomic E-state index is -0.405. The molecule has 7 heteroatoms. The van der Waals surface area contributed by atoms with Crippen molar-refractivity contribution in [2.45, 2.75) is 0 Å². The Bertz CT molecular complexity index is 1030. The lowest BCUT2D eigenvalue weighted by Gasteiger charge is -2.13. The molecular formula is C22H20F2N3OS+. The number of nitrogens with zero attached hydrogens (tertiary/aromatic N) is 2. The lowest BCUT2D eigenvalue weighted by atomic mass is 10.1. The molecule has 0 unspecified atom stereocenters. The van der Waals surface area contributed by atoms with Crippen molar-refractivity contribution in [3.8, 4) is 0 Å². The van der Waals surface area contributed by atoms with E-state index in [1.165, 1.54) is 36.4 Å². The van der Waals surface area contributed by atoms with Crippen LogP contribution in [0.15, 0.2) is 73.1 Å². The van der Waals surface area contributed by atoms with E-state index in [1.54, 1.807) is 29.1 Å². The number of hydrogen-bond acceptors (Lipinski definition) is 3. The third-order valence-electron chi connectivity index (χ3n) is 4.25. The fourth-order valence-corrected chi connectivity index (χ4v) is 3.00. The highest BCUT2D eigenvalue weighted by Gasteiger charge is 2.24. The van der Waals surface area contributed by atoms with Crippen LogP contribution in [0.1, 0.15) is 5.56 Å². The number of nitrogens with one attached hydrogen (secondary N) is 1. The van der Waals surface area contributed by atoms with Gasteiger partial charge in [-0.15, -0.1) is 0 Å². The molecule has 0 amide bonds. The van der Waals surface area contributed by atoms with Gasteiger partial charge in [-0.1, -0.05) is 12.2 Å². The first-order valence-corrected chi connectivity index (χ1v) is 9.21. The van der Waals surface area contributed by atoms with Crippen molar-refractivity contribution in [2.24, 2.45) is 0 Å². The second-order valence-electron chi connectivity index (χ2n) is 6.52. The van der Waals surface area contributed by atoms with Gasteiger partial charge >= 0.3 is 0 Å². The third kappa shape index (κ3) is 4.94. The highest BCUT2D eigenvalue weighted by Crippen LogP contribution is 2.20. The van der Waals surface area contributed by atoms with E-state index in [0.717, 1.165) is 5.69 Å². The Balaban J connectivity index is 2.04. The molecule has 2 aromatic carbocycles. The van der Waals surface area contributed by atoms with E-state index >= 15 is 0 Å². The molecule has 3 aromatic rings. The summed E-state index contributed by atoms with van der Waals surface area (Å²) in [5, 5.41) is 13.9. The maximum atomic E-state index is 13.3.